The molecule has 0 aromatic heterocycles. The molecule has 1 rings (SSSR count). The predicted molar refractivity (Wildman–Crippen MR) is 70.4 cm³/mol. The van der Waals surface area contributed by atoms with Gasteiger partial charge in [-0.2, -0.15) is 13.2 Å². The zero-order valence-corrected chi connectivity index (χ0v) is 11.4. The number of nitrogens with one attached hydrogen (secondary N) is 1. The number of hydrogen-bond acceptors (Lipinski definition) is 3. The summed E-state index contributed by atoms with van der Waals surface area (Å²) in [5, 5.41) is 0. The van der Waals surface area contributed by atoms with Crippen LogP contribution in [0.1, 0.15) is 11.1 Å². The van der Waals surface area contributed by atoms with Crippen molar-refractivity contribution in [3.05, 3.63) is 29.3 Å². The molecular formula is C10H11F3N2O2S2. The lowest BCUT2D eigenvalue weighted by Gasteiger charge is -2.13. The summed E-state index contributed by atoms with van der Waals surface area (Å²) in [6.45, 7) is 1.48. The van der Waals surface area contributed by atoms with Gasteiger partial charge in [-0.3, -0.25) is 4.72 Å². The average Bonchev–Trinajstić information content (AvgIpc) is 2.17. The van der Waals surface area contributed by atoms with Gasteiger partial charge in [0.1, 0.15) is 5.75 Å². The Morgan fingerprint density at radius 3 is 2.47 bits per heavy atom. The highest BCUT2D eigenvalue weighted by molar-refractivity contribution is 7.95. The SMILES string of the molecule is Cc1ccc(C(F)(F)F)cc1NS(=O)(=O)CC(N)=S. The quantitative estimate of drug-likeness (QED) is 0.835. The number of halogens is 3. The lowest BCUT2D eigenvalue weighted by molar-refractivity contribution is -0.137. The minimum atomic E-state index is -4.54. The number of aryl methyl sites for hydroxylation is 1. The molecule has 1 aromatic carbocycles. The van der Waals surface area contributed by atoms with Gasteiger partial charge in [-0.05, 0) is 24.6 Å². The second-order valence-electron chi connectivity index (χ2n) is 3.85. The van der Waals surface area contributed by atoms with E-state index in [0.29, 0.717) is 5.56 Å². The third-order valence-electron chi connectivity index (χ3n) is 2.16. The van der Waals surface area contributed by atoms with E-state index in [1.165, 1.54) is 13.0 Å². The zero-order valence-electron chi connectivity index (χ0n) is 9.78. The monoisotopic (exact) mass is 312 g/mol. The fraction of sp³-hybridized carbons (Fsp3) is 0.300. The van der Waals surface area contributed by atoms with Crippen LogP contribution in [0.3, 0.4) is 0 Å². The summed E-state index contributed by atoms with van der Waals surface area (Å²) in [7, 11) is -3.90. The number of sulfonamides is 1. The van der Waals surface area contributed by atoms with Crippen LogP contribution >= 0.6 is 12.2 Å². The molecule has 0 spiro atoms. The van der Waals surface area contributed by atoms with E-state index in [-0.39, 0.29) is 10.7 Å². The first-order valence-electron chi connectivity index (χ1n) is 4.98. The van der Waals surface area contributed by atoms with Crippen LogP contribution in [-0.4, -0.2) is 19.2 Å². The van der Waals surface area contributed by atoms with Gasteiger partial charge in [0.15, 0.2) is 0 Å². The number of benzene rings is 1. The lowest BCUT2D eigenvalue weighted by atomic mass is 10.1. The number of nitrogens with two attached hydrogens (primary N) is 1. The van der Waals surface area contributed by atoms with E-state index >= 15 is 0 Å². The van der Waals surface area contributed by atoms with Crippen molar-refractivity contribution in [2.24, 2.45) is 5.73 Å². The minimum Gasteiger partial charge on any atom is -0.392 e. The van der Waals surface area contributed by atoms with Crippen LogP contribution < -0.4 is 10.5 Å². The molecule has 19 heavy (non-hydrogen) atoms. The Balaban J connectivity index is 3.11. The number of anilines is 1. The molecule has 0 aliphatic carbocycles. The van der Waals surface area contributed by atoms with Crippen LogP contribution in [0.2, 0.25) is 0 Å². The van der Waals surface area contributed by atoms with E-state index in [2.05, 4.69) is 12.2 Å². The maximum absolute atomic E-state index is 12.5. The van der Waals surface area contributed by atoms with E-state index in [1.54, 1.807) is 0 Å². The third-order valence-corrected chi connectivity index (χ3v) is 3.71. The molecule has 0 aliphatic rings. The Kier molecular flexibility index (Phi) is 4.41. The van der Waals surface area contributed by atoms with Gasteiger partial charge in [-0.15, -0.1) is 0 Å². The molecule has 0 fully saturated rings. The lowest BCUT2D eigenvalue weighted by Crippen LogP contribution is -2.26. The first kappa shape index (κ1) is 15.7. The largest absolute Gasteiger partial charge is 0.416 e. The number of rotatable bonds is 4. The maximum atomic E-state index is 12.5. The maximum Gasteiger partial charge on any atom is 0.416 e. The molecule has 0 aliphatic heterocycles. The molecule has 0 heterocycles. The minimum absolute atomic E-state index is 0.147. The van der Waals surface area contributed by atoms with Crippen molar-refractivity contribution in [2.75, 3.05) is 10.5 Å². The predicted octanol–water partition coefficient (Wildman–Crippen LogP) is 2.04. The zero-order chi connectivity index (χ0) is 14.8. The molecule has 0 saturated heterocycles. The van der Waals surface area contributed by atoms with Crippen LogP contribution in [0.4, 0.5) is 18.9 Å². The van der Waals surface area contributed by atoms with Gasteiger partial charge in [0.05, 0.1) is 16.2 Å². The topological polar surface area (TPSA) is 72.2 Å². The van der Waals surface area contributed by atoms with Crippen LogP contribution in [0.25, 0.3) is 0 Å². The smallest absolute Gasteiger partial charge is 0.392 e. The van der Waals surface area contributed by atoms with Crippen molar-refractivity contribution in [2.45, 2.75) is 13.1 Å². The van der Waals surface area contributed by atoms with E-state index in [4.69, 9.17) is 5.73 Å². The second-order valence-corrected chi connectivity index (χ2v) is 6.10. The van der Waals surface area contributed by atoms with Crippen LogP contribution in [0.5, 0.6) is 0 Å². The summed E-state index contributed by atoms with van der Waals surface area (Å²) >= 11 is 4.46. The fourth-order valence-corrected chi connectivity index (χ4v) is 2.77. The molecule has 9 heteroatoms. The molecule has 0 amide bonds. The highest BCUT2D eigenvalue weighted by Gasteiger charge is 2.31. The third kappa shape index (κ3) is 4.67. The number of alkyl halides is 3. The highest BCUT2D eigenvalue weighted by Crippen LogP contribution is 2.32. The fourth-order valence-electron chi connectivity index (χ4n) is 1.30. The molecule has 0 unspecified atom stereocenters. The van der Waals surface area contributed by atoms with Gasteiger partial charge in [0, 0.05) is 0 Å². The van der Waals surface area contributed by atoms with E-state index in [0.717, 1.165) is 12.1 Å². The van der Waals surface area contributed by atoms with Crippen molar-refractivity contribution in [1.82, 2.24) is 0 Å². The van der Waals surface area contributed by atoms with Gasteiger partial charge in [-0.1, -0.05) is 18.3 Å². The highest BCUT2D eigenvalue weighted by atomic mass is 32.2. The van der Waals surface area contributed by atoms with Gasteiger partial charge >= 0.3 is 6.18 Å². The first-order valence-corrected chi connectivity index (χ1v) is 7.04. The van der Waals surface area contributed by atoms with Gasteiger partial charge in [0.2, 0.25) is 10.0 Å². The first-order chi connectivity index (χ1) is 8.51. The Morgan fingerprint density at radius 2 is 2.00 bits per heavy atom. The van der Waals surface area contributed by atoms with Crippen LogP contribution in [-0.2, 0) is 16.2 Å². The van der Waals surface area contributed by atoms with E-state index in [1.807, 2.05) is 4.72 Å². The van der Waals surface area contributed by atoms with Crippen molar-refractivity contribution in [3.8, 4) is 0 Å². The summed E-state index contributed by atoms with van der Waals surface area (Å²) in [6, 6.07) is 2.79. The molecule has 0 radical (unpaired) electrons. The Labute approximate surface area is 113 Å². The molecule has 0 saturated carbocycles. The van der Waals surface area contributed by atoms with Crippen LogP contribution in [0, 0.1) is 6.92 Å². The van der Waals surface area contributed by atoms with Gasteiger partial charge in [0.25, 0.3) is 0 Å². The second kappa shape index (κ2) is 5.33. The molecule has 3 N–H and O–H groups in total. The van der Waals surface area contributed by atoms with Crippen molar-refractivity contribution >= 4 is 32.9 Å². The molecule has 0 atom stereocenters. The van der Waals surface area contributed by atoms with Crippen LogP contribution in [0.15, 0.2) is 18.2 Å². The Morgan fingerprint density at radius 1 is 1.42 bits per heavy atom. The summed E-state index contributed by atoms with van der Waals surface area (Å²) in [6.07, 6.45) is -4.54. The Bertz CT molecular complexity index is 597. The summed E-state index contributed by atoms with van der Waals surface area (Å²) in [4.78, 5) is -0.267. The summed E-state index contributed by atoms with van der Waals surface area (Å²) < 4.78 is 62.7. The van der Waals surface area contributed by atoms with Crippen molar-refractivity contribution < 1.29 is 21.6 Å². The molecular weight excluding hydrogens is 301 g/mol. The summed E-state index contributed by atoms with van der Waals surface area (Å²) in [5.41, 5.74) is 4.38. The Hall–Kier alpha value is -1.35. The number of thiocarbonyl (C=S) groups is 1. The van der Waals surface area contributed by atoms with E-state index in [9.17, 15) is 21.6 Å². The summed E-state index contributed by atoms with van der Waals surface area (Å²) in [5.74, 6) is -0.627. The van der Waals surface area contributed by atoms with Gasteiger partial charge in [-0.25, -0.2) is 8.42 Å². The molecule has 0 bridgehead atoms. The number of hydrogen-bond donors (Lipinski definition) is 2. The van der Waals surface area contributed by atoms with E-state index < -0.39 is 27.5 Å². The standard InChI is InChI=1S/C10H11F3N2O2S2/c1-6-2-3-7(10(11,12)13)4-8(6)15-19(16,17)5-9(14)18/h2-4,15H,5H2,1H3,(H2,14,18). The van der Waals surface area contributed by atoms with Crippen molar-refractivity contribution in [3.63, 3.8) is 0 Å². The molecule has 106 valence electrons. The average molecular weight is 312 g/mol. The molecule has 1 aromatic rings. The van der Waals surface area contributed by atoms with Gasteiger partial charge < -0.3 is 5.73 Å². The van der Waals surface area contributed by atoms with Crippen molar-refractivity contribution in [1.29, 1.82) is 0 Å². The molecule has 4 nitrogen and oxygen atoms in total. The normalized spacial score (nSPS) is 12.2.